The predicted molar refractivity (Wildman–Crippen MR) is 90.8 cm³/mol. The Morgan fingerprint density at radius 1 is 1.27 bits per heavy atom. The first kappa shape index (κ1) is 18.5. The number of hydrogen-bond donors (Lipinski definition) is 1. The summed E-state index contributed by atoms with van der Waals surface area (Å²) in [7, 11) is 2.09. The number of ether oxygens (including phenoxy) is 1. The number of nitrogens with zero attached hydrogens (tertiary/aromatic N) is 1. The van der Waals surface area contributed by atoms with Crippen molar-refractivity contribution in [3.63, 3.8) is 0 Å². The van der Waals surface area contributed by atoms with Gasteiger partial charge in [-0.2, -0.15) is 0 Å². The fourth-order valence-corrected chi connectivity index (χ4v) is 2.32. The van der Waals surface area contributed by atoms with Crippen molar-refractivity contribution in [3.05, 3.63) is 35.9 Å². The van der Waals surface area contributed by atoms with E-state index in [4.69, 9.17) is 4.74 Å². The molecule has 124 valence electrons. The second-order valence-electron chi connectivity index (χ2n) is 6.93. The van der Waals surface area contributed by atoms with Gasteiger partial charge < -0.3 is 15.0 Å². The summed E-state index contributed by atoms with van der Waals surface area (Å²) in [5.74, 6) is 0. The maximum atomic E-state index is 11.8. The summed E-state index contributed by atoms with van der Waals surface area (Å²) in [5.41, 5.74) is 1.22. The van der Waals surface area contributed by atoms with Crippen molar-refractivity contribution in [2.24, 2.45) is 5.41 Å². The predicted octanol–water partition coefficient (Wildman–Crippen LogP) is 3.67. The number of carbonyl (C=O) groups is 1. The van der Waals surface area contributed by atoms with Crippen LogP contribution in [0.3, 0.4) is 0 Å². The molecule has 4 heteroatoms. The van der Waals surface area contributed by atoms with E-state index in [2.05, 4.69) is 45.0 Å². The van der Waals surface area contributed by atoms with Crippen LogP contribution in [0.15, 0.2) is 30.3 Å². The highest BCUT2D eigenvalue weighted by Crippen LogP contribution is 2.22. The van der Waals surface area contributed by atoms with E-state index in [1.54, 1.807) is 0 Å². The van der Waals surface area contributed by atoms with Crippen molar-refractivity contribution in [2.75, 3.05) is 20.1 Å². The molecule has 0 saturated carbocycles. The monoisotopic (exact) mass is 306 g/mol. The van der Waals surface area contributed by atoms with Gasteiger partial charge in [0.2, 0.25) is 0 Å². The van der Waals surface area contributed by atoms with E-state index in [-0.39, 0.29) is 11.5 Å². The van der Waals surface area contributed by atoms with Crippen molar-refractivity contribution in [1.29, 1.82) is 0 Å². The average Bonchev–Trinajstić information content (AvgIpc) is 2.48. The summed E-state index contributed by atoms with van der Waals surface area (Å²) >= 11 is 0. The third-order valence-corrected chi connectivity index (χ3v) is 3.66. The molecule has 0 bridgehead atoms. The first-order valence-electron chi connectivity index (χ1n) is 7.96. The molecule has 1 aromatic carbocycles. The van der Waals surface area contributed by atoms with Crippen LogP contribution in [0, 0.1) is 5.41 Å². The Balaban J connectivity index is 2.41. The fraction of sp³-hybridized carbons (Fsp3) is 0.611. The zero-order valence-electron chi connectivity index (χ0n) is 14.6. The molecule has 1 atom stereocenters. The van der Waals surface area contributed by atoms with E-state index in [0.29, 0.717) is 19.2 Å². The summed E-state index contributed by atoms with van der Waals surface area (Å²) in [4.78, 5) is 14.1. The van der Waals surface area contributed by atoms with Gasteiger partial charge in [0.1, 0.15) is 6.61 Å². The lowest BCUT2D eigenvalue weighted by molar-refractivity contribution is 0.130. The van der Waals surface area contributed by atoms with Gasteiger partial charge in [0.15, 0.2) is 0 Å². The average molecular weight is 306 g/mol. The molecule has 0 aliphatic carbocycles. The lowest BCUT2D eigenvalue weighted by Crippen LogP contribution is -2.44. The van der Waals surface area contributed by atoms with Crippen molar-refractivity contribution < 1.29 is 9.53 Å². The van der Waals surface area contributed by atoms with E-state index < -0.39 is 0 Å². The van der Waals surface area contributed by atoms with E-state index in [1.165, 1.54) is 0 Å². The lowest BCUT2D eigenvalue weighted by atomic mass is 9.87. The molecule has 4 nitrogen and oxygen atoms in total. The number of benzene rings is 1. The molecule has 0 unspecified atom stereocenters. The van der Waals surface area contributed by atoms with Gasteiger partial charge in [-0.15, -0.1) is 0 Å². The van der Waals surface area contributed by atoms with Crippen LogP contribution < -0.4 is 5.32 Å². The maximum absolute atomic E-state index is 11.8. The smallest absolute Gasteiger partial charge is 0.407 e. The van der Waals surface area contributed by atoms with Gasteiger partial charge in [0.25, 0.3) is 0 Å². The number of alkyl carbamates (subject to hydrolysis) is 1. The largest absolute Gasteiger partial charge is 0.445 e. The van der Waals surface area contributed by atoms with E-state index >= 15 is 0 Å². The Morgan fingerprint density at radius 2 is 1.91 bits per heavy atom. The number of carbonyl (C=O) groups excluding carboxylic acids is 1. The zero-order chi connectivity index (χ0) is 16.6. The van der Waals surface area contributed by atoms with Crippen LogP contribution in [0.25, 0.3) is 0 Å². The van der Waals surface area contributed by atoms with Crippen molar-refractivity contribution in [2.45, 2.75) is 46.8 Å². The molecule has 0 fully saturated rings. The summed E-state index contributed by atoms with van der Waals surface area (Å²) in [6, 6.07) is 10.0. The molecule has 0 heterocycles. The van der Waals surface area contributed by atoms with Gasteiger partial charge >= 0.3 is 6.09 Å². The lowest BCUT2D eigenvalue weighted by Gasteiger charge is -2.32. The summed E-state index contributed by atoms with van der Waals surface area (Å²) in [6.45, 7) is 10.7. The van der Waals surface area contributed by atoms with Crippen LogP contribution in [0.1, 0.15) is 39.7 Å². The van der Waals surface area contributed by atoms with Gasteiger partial charge in [-0.05, 0) is 31.0 Å². The number of likely N-dealkylation sites (N-methyl/N-ethyl adjacent to an activating group) is 1. The normalized spacial score (nSPS) is 13.0. The topological polar surface area (TPSA) is 41.6 Å². The number of amides is 1. The van der Waals surface area contributed by atoms with Gasteiger partial charge in [0, 0.05) is 12.6 Å². The molecule has 1 aromatic rings. The number of rotatable bonds is 7. The van der Waals surface area contributed by atoms with E-state index in [0.717, 1.165) is 18.5 Å². The second-order valence-corrected chi connectivity index (χ2v) is 6.93. The third-order valence-electron chi connectivity index (χ3n) is 3.66. The molecule has 0 aromatic heterocycles. The minimum atomic E-state index is -0.354. The van der Waals surface area contributed by atoms with Crippen LogP contribution in [0.2, 0.25) is 0 Å². The minimum Gasteiger partial charge on any atom is -0.445 e. The van der Waals surface area contributed by atoms with Gasteiger partial charge in [-0.1, -0.05) is 58.0 Å². The molecule has 22 heavy (non-hydrogen) atoms. The molecule has 1 N–H and O–H groups in total. The van der Waals surface area contributed by atoms with Crippen LogP contribution in [0.4, 0.5) is 4.79 Å². The molecule has 1 rings (SSSR count). The summed E-state index contributed by atoms with van der Waals surface area (Å²) in [6.07, 6.45) is 0.670. The molecule has 0 aliphatic rings. The maximum Gasteiger partial charge on any atom is 0.407 e. The quantitative estimate of drug-likeness (QED) is 0.835. The molecular weight excluding hydrogens is 276 g/mol. The molecular formula is C18H30N2O2. The van der Waals surface area contributed by atoms with E-state index in [1.807, 2.05) is 30.3 Å². The van der Waals surface area contributed by atoms with Gasteiger partial charge in [-0.25, -0.2) is 4.79 Å². The van der Waals surface area contributed by atoms with Crippen molar-refractivity contribution in [3.8, 4) is 0 Å². The third kappa shape index (κ3) is 7.46. The van der Waals surface area contributed by atoms with Gasteiger partial charge in [0.05, 0.1) is 0 Å². The van der Waals surface area contributed by atoms with Crippen molar-refractivity contribution >= 4 is 6.09 Å². The highest BCUT2D eigenvalue weighted by Gasteiger charge is 2.22. The standard InChI is InChI=1S/C18H30N2O2/c1-6-20(5)16(12-18(2,3)4)13-19-17(21)22-14-15-10-8-7-9-11-15/h7-11,16H,6,12-14H2,1-5H3,(H,19,21)/t16-/m1/s1. The SMILES string of the molecule is CCN(C)[C@@H](CNC(=O)OCc1ccccc1)CC(C)(C)C. The second kappa shape index (κ2) is 8.79. The van der Waals surface area contributed by atoms with E-state index in [9.17, 15) is 4.79 Å². The van der Waals surface area contributed by atoms with Crippen molar-refractivity contribution in [1.82, 2.24) is 10.2 Å². The fourth-order valence-electron chi connectivity index (χ4n) is 2.32. The molecule has 1 amide bonds. The Bertz CT molecular complexity index is 440. The highest BCUT2D eigenvalue weighted by molar-refractivity contribution is 5.67. The Morgan fingerprint density at radius 3 is 2.45 bits per heavy atom. The Hall–Kier alpha value is -1.55. The molecule has 0 radical (unpaired) electrons. The molecule has 0 aliphatic heterocycles. The number of nitrogens with one attached hydrogen (secondary N) is 1. The Labute approximate surface area is 134 Å². The van der Waals surface area contributed by atoms with Crippen LogP contribution >= 0.6 is 0 Å². The zero-order valence-corrected chi connectivity index (χ0v) is 14.6. The summed E-state index contributed by atoms with van der Waals surface area (Å²) in [5, 5.41) is 2.89. The first-order valence-corrected chi connectivity index (χ1v) is 7.96. The molecule has 0 saturated heterocycles. The minimum absolute atomic E-state index is 0.226. The van der Waals surface area contributed by atoms with Gasteiger partial charge in [-0.3, -0.25) is 0 Å². The number of hydrogen-bond acceptors (Lipinski definition) is 3. The molecule has 0 spiro atoms. The Kier molecular flexibility index (Phi) is 7.39. The van der Waals surface area contributed by atoms with Crippen LogP contribution in [-0.4, -0.2) is 37.2 Å². The summed E-state index contributed by atoms with van der Waals surface area (Å²) < 4.78 is 5.25. The van der Waals surface area contributed by atoms with Crippen LogP contribution in [-0.2, 0) is 11.3 Å². The van der Waals surface area contributed by atoms with Crippen LogP contribution in [0.5, 0.6) is 0 Å². The first-order chi connectivity index (χ1) is 10.3. The highest BCUT2D eigenvalue weighted by atomic mass is 16.5.